The number of aliphatic hydroxyl groups excluding tert-OH is 1. The van der Waals surface area contributed by atoms with Gasteiger partial charge < -0.3 is 9.53 Å². The van der Waals surface area contributed by atoms with Crippen LogP contribution in [0.25, 0.3) is 0 Å². The molecule has 0 aliphatic rings. The lowest BCUT2D eigenvalue weighted by atomic mass is 10.2. The highest BCUT2D eigenvalue weighted by Crippen LogP contribution is 2.36. The predicted molar refractivity (Wildman–Crippen MR) is 68.7 cm³/mol. The van der Waals surface area contributed by atoms with Crippen LogP contribution in [0.1, 0.15) is 47.0 Å². The molecule has 0 aromatic rings. The van der Waals surface area contributed by atoms with Crippen molar-refractivity contribution in [3.63, 3.8) is 0 Å². The van der Waals surface area contributed by atoms with Gasteiger partial charge in [0, 0.05) is 6.61 Å². The molecule has 1 atom stereocenters. The van der Waals surface area contributed by atoms with Crippen LogP contribution in [-0.2, 0) is 4.43 Å². The van der Waals surface area contributed by atoms with Crippen LogP contribution in [0.4, 0.5) is 0 Å². The van der Waals surface area contributed by atoms with Gasteiger partial charge in [-0.15, -0.1) is 0 Å². The molecule has 0 saturated carbocycles. The Labute approximate surface area is 96.2 Å². The van der Waals surface area contributed by atoms with E-state index in [0.717, 1.165) is 25.9 Å². The fourth-order valence-corrected chi connectivity index (χ4v) is 2.15. The zero-order valence-corrected chi connectivity index (χ0v) is 12.3. The summed E-state index contributed by atoms with van der Waals surface area (Å²) < 4.78 is 6.02. The van der Waals surface area contributed by atoms with E-state index in [-0.39, 0.29) is 11.1 Å². The van der Waals surface area contributed by atoms with Gasteiger partial charge in [-0.3, -0.25) is 0 Å². The lowest BCUT2D eigenvalue weighted by molar-refractivity contribution is 0.147. The molecule has 3 heteroatoms. The summed E-state index contributed by atoms with van der Waals surface area (Å²) in [7, 11) is -1.57. The fraction of sp³-hybridized carbons (Fsp3) is 1.00. The highest BCUT2D eigenvalue weighted by atomic mass is 28.4. The SMILES string of the molecule is CC[C@@H](O)CCCO[Si](C)(C)C(C)(C)C. The summed E-state index contributed by atoms with van der Waals surface area (Å²) in [6.45, 7) is 14.1. The van der Waals surface area contributed by atoms with Gasteiger partial charge in [0.05, 0.1) is 6.10 Å². The largest absolute Gasteiger partial charge is 0.417 e. The summed E-state index contributed by atoms with van der Waals surface area (Å²) in [5, 5.41) is 9.69. The first-order valence-electron chi connectivity index (χ1n) is 6.02. The summed E-state index contributed by atoms with van der Waals surface area (Å²) in [5.41, 5.74) is 0. The second-order valence-corrected chi connectivity index (χ2v) is 10.6. The Morgan fingerprint density at radius 3 is 2.20 bits per heavy atom. The maximum Gasteiger partial charge on any atom is 0.191 e. The van der Waals surface area contributed by atoms with Gasteiger partial charge in [-0.1, -0.05) is 27.7 Å². The molecule has 0 aromatic heterocycles. The normalized spacial score (nSPS) is 15.4. The van der Waals surface area contributed by atoms with E-state index in [9.17, 15) is 5.11 Å². The molecular formula is C12H28O2Si. The second kappa shape index (κ2) is 6.02. The third kappa shape index (κ3) is 5.69. The lowest BCUT2D eigenvalue weighted by Crippen LogP contribution is -2.41. The van der Waals surface area contributed by atoms with E-state index in [0.29, 0.717) is 0 Å². The minimum Gasteiger partial charge on any atom is -0.417 e. The van der Waals surface area contributed by atoms with Gasteiger partial charge in [-0.05, 0) is 37.4 Å². The van der Waals surface area contributed by atoms with Gasteiger partial charge >= 0.3 is 0 Å². The van der Waals surface area contributed by atoms with Crippen LogP contribution in [-0.4, -0.2) is 26.1 Å². The molecule has 0 radical (unpaired) electrons. The minimum atomic E-state index is -1.57. The smallest absolute Gasteiger partial charge is 0.191 e. The quantitative estimate of drug-likeness (QED) is 0.560. The van der Waals surface area contributed by atoms with E-state index in [2.05, 4.69) is 33.9 Å². The Bertz CT molecular complexity index is 173. The monoisotopic (exact) mass is 232 g/mol. The molecule has 0 heterocycles. The van der Waals surface area contributed by atoms with Crippen LogP contribution in [0.15, 0.2) is 0 Å². The van der Waals surface area contributed by atoms with Crippen LogP contribution < -0.4 is 0 Å². The van der Waals surface area contributed by atoms with Crippen molar-refractivity contribution in [2.45, 2.75) is 71.2 Å². The Hall–Kier alpha value is 0.137. The van der Waals surface area contributed by atoms with Crippen molar-refractivity contribution >= 4 is 8.32 Å². The molecule has 1 N–H and O–H groups in total. The van der Waals surface area contributed by atoms with Gasteiger partial charge in [0.2, 0.25) is 0 Å². The average molecular weight is 232 g/mol. The van der Waals surface area contributed by atoms with Crippen molar-refractivity contribution < 1.29 is 9.53 Å². The van der Waals surface area contributed by atoms with Gasteiger partial charge in [-0.25, -0.2) is 0 Å². The number of aliphatic hydroxyl groups is 1. The van der Waals surface area contributed by atoms with Crippen LogP contribution >= 0.6 is 0 Å². The molecule has 0 saturated heterocycles. The van der Waals surface area contributed by atoms with E-state index < -0.39 is 8.32 Å². The van der Waals surface area contributed by atoms with E-state index in [1.807, 2.05) is 6.92 Å². The first-order valence-corrected chi connectivity index (χ1v) is 8.93. The molecule has 0 aliphatic heterocycles. The van der Waals surface area contributed by atoms with Crippen LogP contribution in [0.2, 0.25) is 18.1 Å². The lowest BCUT2D eigenvalue weighted by Gasteiger charge is -2.36. The first kappa shape index (κ1) is 15.1. The van der Waals surface area contributed by atoms with E-state index in [4.69, 9.17) is 4.43 Å². The van der Waals surface area contributed by atoms with Crippen molar-refractivity contribution in [2.75, 3.05) is 6.61 Å². The van der Waals surface area contributed by atoms with Gasteiger partial charge in [0.15, 0.2) is 8.32 Å². The van der Waals surface area contributed by atoms with Crippen LogP contribution in [0.3, 0.4) is 0 Å². The summed E-state index contributed by atoms with van der Waals surface area (Å²) >= 11 is 0. The molecule has 0 aromatic carbocycles. The van der Waals surface area contributed by atoms with Crippen LogP contribution in [0, 0.1) is 0 Å². The molecule has 15 heavy (non-hydrogen) atoms. The maximum atomic E-state index is 9.40. The van der Waals surface area contributed by atoms with Gasteiger partial charge in [0.25, 0.3) is 0 Å². The van der Waals surface area contributed by atoms with Crippen molar-refractivity contribution in [1.29, 1.82) is 0 Å². The first-order chi connectivity index (χ1) is 6.70. The second-order valence-electron chi connectivity index (χ2n) is 5.81. The topological polar surface area (TPSA) is 29.5 Å². The average Bonchev–Trinajstić information content (AvgIpc) is 2.10. The standard InChI is InChI=1S/C12H28O2Si/c1-7-11(13)9-8-10-14-15(5,6)12(2,3)4/h11,13H,7-10H2,1-6H3/t11-/m1/s1. The third-order valence-electron chi connectivity index (χ3n) is 3.42. The summed E-state index contributed by atoms with van der Waals surface area (Å²) in [4.78, 5) is 0. The Kier molecular flexibility index (Phi) is 6.07. The Balaban J connectivity index is 3.77. The molecule has 0 spiro atoms. The van der Waals surface area contributed by atoms with Crippen LogP contribution in [0.5, 0.6) is 0 Å². The number of rotatable bonds is 6. The molecule has 0 amide bonds. The molecular weight excluding hydrogens is 204 g/mol. The molecule has 0 rings (SSSR count). The maximum absolute atomic E-state index is 9.40. The number of hydrogen-bond acceptors (Lipinski definition) is 2. The van der Waals surface area contributed by atoms with Gasteiger partial charge in [-0.2, -0.15) is 0 Å². The molecule has 0 fully saturated rings. The van der Waals surface area contributed by atoms with Crippen molar-refractivity contribution in [2.24, 2.45) is 0 Å². The molecule has 2 nitrogen and oxygen atoms in total. The van der Waals surface area contributed by atoms with Crippen molar-refractivity contribution in [3.8, 4) is 0 Å². The molecule has 0 bridgehead atoms. The van der Waals surface area contributed by atoms with Gasteiger partial charge in [0.1, 0.15) is 0 Å². The summed E-state index contributed by atoms with van der Waals surface area (Å²) in [6.07, 6.45) is 2.54. The highest BCUT2D eigenvalue weighted by molar-refractivity contribution is 6.74. The molecule has 0 unspecified atom stereocenters. The predicted octanol–water partition coefficient (Wildman–Crippen LogP) is 3.56. The van der Waals surface area contributed by atoms with Crippen molar-refractivity contribution in [3.05, 3.63) is 0 Å². The fourth-order valence-electron chi connectivity index (χ4n) is 1.07. The Morgan fingerprint density at radius 1 is 1.27 bits per heavy atom. The summed E-state index contributed by atoms with van der Waals surface area (Å²) in [6, 6.07) is 0. The summed E-state index contributed by atoms with van der Waals surface area (Å²) in [5.74, 6) is 0. The van der Waals surface area contributed by atoms with Crippen molar-refractivity contribution in [1.82, 2.24) is 0 Å². The minimum absolute atomic E-state index is 0.145. The Morgan fingerprint density at radius 2 is 1.80 bits per heavy atom. The number of hydrogen-bond donors (Lipinski definition) is 1. The molecule has 92 valence electrons. The zero-order valence-electron chi connectivity index (χ0n) is 11.3. The third-order valence-corrected chi connectivity index (χ3v) is 7.96. The van der Waals surface area contributed by atoms with E-state index in [1.165, 1.54) is 0 Å². The highest BCUT2D eigenvalue weighted by Gasteiger charge is 2.36. The molecule has 0 aliphatic carbocycles. The van der Waals surface area contributed by atoms with E-state index in [1.54, 1.807) is 0 Å². The zero-order chi connectivity index (χ0) is 12.1. The van der Waals surface area contributed by atoms with E-state index >= 15 is 0 Å².